The third kappa shape index (κ3) is 6.56. The first-order chi connectivity index (χ1) is 22.1. The van der Waals surface area contributed by atoms with Gasteiger partial charge >= 0.3 is 6.18 Å². The Balaban J connectivity index is 1.49. The Labute approximate surface area is 273 Å². The highest BCUT2D eigenvalue weighted by molar-refractivity contribution is 7.92. The van der Waals surface area contributed by atoms with Gasteiger partial charge in [-0.2, -0.15) is 18.2 Å². The number of aryl methyl sites for hydroxylation is 2. The van der Waals surface area contributed by atoms with E-state index in [0.29, 0.717) is 18.5 Å². The van der Waals surface area contributed by atoms with E-state index in [9.17, 15) is 26.4 Å². The first-order valence-electron chi connectivity index (χ1n) is 15.9. The van der Waals surface area contributed by atoms with Crippen LogP contribution in [0.4, 0.5) is 19.1 Å². The van der Waals surface area contributed by atoms with Gasteiger partial charge in [-0.15, -0.1) is 0 Å². The molecule has 9 nitrogen and oxygen atoms in total. The minimum Gasteiger partial charge on any atom is -0.475 e. The molecule has 13 heteroatoms. The van der Waals surface area contributed by atoms with Gasteiger partial charge in [-0.05, 0) is 93.8 Å². The minimum atomic E-state index is -4.55. The van der Waals surface area contributed by atoms with E-state index in [4.69, 9.17) is 4.74 Å². The molecule has 1 saturated carbocycles. The van der Waals surface area contributed by atoms with Gasteiger partial charge < -0.3 is 15.0 Å². The molecule has 1 saturated heterocycles. The number of carbonyl (C=O) groups is 1. The number of benzene rings is 2. The number of amides is 1. The molecular formula is C34H40F3N5O4S. The highest BCUT2D eigenvalue weighted by Crippen LogP contribution is 2.52. The third-order valence-corrected chi connectivity index (χ3v) is 11.3. The molecule has 2 aliphatic heterocycles. The molecule has 1 aromatic heterocycles. The van der Waals surface area contributed by atoms with Crippen LogP contribution >= 0.6 is 0 Å². The second kappa shape index (κ2) is 12.1. The fourth-order valence-electron chi connectivity index (χ4n) is 7.27. The van der Waals surface area contributed by atoms with Crippen molar-refractivity contribution in [1.82, 2.24) is 20.2 Å². The van der Waals surface area contributed by atoms with Crippen LogP contribution in [-0.2, 0) is 10.0 Å². The zero-order chi connectivity index (χ0) is 33.8. The molecule has 3 aromatic rings. The van der Waals surface area contributed by atoms with Crippen molar-refractivity contribution in [2.45, 2.75) is 83.0 Å². The lowest BCUT2D eigenvalue weighted by Gasteiger charge is -2.55. The predicted molar refractivity (Wildman–Crippen MR) is 172 cm³/mol. The Kier molecular flexibility index (Phi) is 8.53. The second-order valence-electron chi connectivity index (χ2n) is 13.9. The molecule has 6 rings (SSSR count). The third-order valence-electron chi connectivity index (χ3n) is 10.0. The van der Waals surface area contributed by atoms with E-state index in [1.807, 2.05) is 32.0 Å². The standard InChI is InChI=1S/C34H40F3N5O4S/c1-21-7-5-8-22(2)29(21)27-16-28-40-31(39-27)41-47(44,45)26-10-6-9-23(15-26)30(43)42(24-18-33(19-24)11-13-38-14-12-33)25(20-46-28)17-32(3,4)34(35,36)37/h5-10,15-16,24-25,38H,11-14,17-20H2,1-4H3,(H,39,40,41)/t25-/m1/s1. The summed E-state index contributed by atoms with van der Waals surface area (Å²) in [5.41, 5.74) is 0.825. The van der Waals surface area contributed by atoms with Gasteiger partial charge in [0.05, 0.1) is 22.0 Å². The Hall–Kier alpha value is -3.71. The number of sulfonamides is 1. The zero-order valence-electron chi connectivity index (χ0n) is 26.9. The van der Waals surface area contributed by atoms with Gasteiger partial charge in [-0.25, -0.2) is 18.1 Å². The number of aromatic nitrogens is 2. The Morgan fingerprint density at radius 3 is 2.32 bits per heavy atom. The topological polar surface area (TPSA) is 114 Å². The lowest BCUT2D eigenvalue weighted by Crippen LogP contribution is -2.60. The summed E-state index contributed by atoms with van der Waals surface area (Å²) in [6.45, 7) is 7.46. The summed E-state index contributed by atoms with van der Waals surface area (Å²) in [5.74, 6) is -0.811. The number of hydrogen-bond acceptors (Lipinski definition) is 7. The number of fused-ring (bicyclic) bond motifs is 4. The summed E-state index contributed by atoms with van der Waals surface area (Å²) in [6, 6.07) is 11.5. The first kappa shape index (κ1) is 33.2. The smallest absolute Gasteiger partial charge is 0.394 e. The van der Waals surface area contributed by atoms with Gasteiger partial charge in [-0.1, -0.05) is 38.1 Å². The molecule has 4 bridgehead atoms. The maximum atomic E-state index is 14.4. The van der Waals surface area contributed by atoms with Crippen LogP contribution in [0, 0.1) is 24.7 Å². The van der Waals surface area contributed by atoms with Gasteiger partial charge in [0.15, 0.2) is 0 Å². The van der Waals surface area contributed by atoms with Crippen molar-refractivity contribution in [3.05, 3.63) is 65.2 Å². The zero-order valence-corrected chi connectivity index (χ0v) is 27.8. The van der Waals surface area contributed by atoms with Crippen molar-refractivity contribution in [1.29, 1.82) is 0 Å². The summed E-state index contributed by atoms with van der Waals surface area (Å²) in [7, 11) is -4.27. The van der Waals surface area contributed by atoms with E-state index >= 15 is 0 Å². The molecule has 1 atom stereocenters. The average Bonchev–Trinajstić information content (AvgIpc) is 2.98. The van der Waals surface area contributed by atoms with Crippen LogP contribution in [0.25, 0.3) is 11.3 Å². The van der Waals surface area contributed by atoms with E-state index in [1.54, 1.807) is 6.07 Å². The number of carbonyl (C=O) groups excluding carboxylic acids is 1. The number of nitrogens with one attached hydrogen (secondary N) is 2. The van der Waals surface area contributed by atoms with Crippen LogP contribution < -0.4 is 14.8 Å². The molecule has 2 fully saturated rings. The number of halogens is 3. The number of piperidine rings is 1. The van der Waals surface area contributed by atoms with Crippen LogP contribution in [0.15, 0.2) is 53.4 Å². The highest BCUT2D eigenvalue weighted by atomic mass is 32.2. The van der Waals surface area contributed by atoms with Gasteiger partial charge in [0.2, 0.25) is 11.8 Å². The fraction of sp³-hybridized carbons (Fsp3) is 0.500. The number of anilines is 1. The SMILES string of the molecule is Cc1cccc(C)c1-c1cc2nc(n1)NS(=O)(=O)c1cccc(c1)C(=O)N(C1CC3(CCNCC3)C1)[C@H](CC(C)(C)C(F)(F)F)CO2. The highest BCUT2D eigenvalue weighted by Gasteiger charge is 2.53. The van der Waals surface area contributed by atoms with E-state index < -0.39 is 40.0 Å². The van der Waals surface area contributed by atoms with E-state index in [-0.39, 0.29) is 40.4 Å². The lowest BCUT2D eigenvalue weighted by atomic mass is 9.60. The van der Waals surface area contributed by atoms with Crippen LogP contribution in [0.3, 0.4) is 0 Å². The van der Waals surface area contributed by atoms with Crippen molar-refractivity contribution < 1.29 is 31.1 Å². The number of ether oxygens (including phenoxy) is 1. The Bertz CT molecular complexity index is 1760. The Morgan fingerprint density at radius 2 is 1.66 bits per heavy atom. The van der Waals surface area contributed by atoms with Crippen LogP contribution in [0.1, 0.15) is 67.4 Å². The average molecular weight is 672 g/mol. The quantitative estimate of drug-likeness (QED) is 0.336. The molecule has 2 N–H and O–H groups in total. The normalized spacial score (nSPS) is 21.5. The summed E-state index contributed by atoms with van der Waals surface area (Å²) in [5, 5.41) is 3.36. The molecule has 47 heavy (non-hydrogen) atoms. The molecular weight excluding hydrogens is 631 g/mol. The van der Waals surface area contributed by atoms with Crippen molar-refractivity contribution in [2.24, 2.45) is 10.8 Å². The molecule has 0 radical (unpaired) electrons. The molecule has 252 valence electrons. The van der Waals surface area contributed by atoms with Crippen LogP contribution in [0.2, 0.25) is 0 Å². The second-order valence-corrected chi connectivity index (χ2v) is 15.6. The van der Waals surface area contributed by atoms with Crippen molar-refractivity contribution >= 4 is 21.9 Å². The van der Waals surface area contributed by atoms with Crippen LogP contribution in [-0.4, -0.2) is 67.1 Å². The maximum Gasteiger partial charge on any atom is 0.394 e. The number of nitrogens with zero attached hydrogens (tertiary/aromatic N) is 3. The molecule has 1 spiro atoms. The molecule has 1 amide bonds. The minimum absolute atomic E-state index is 0.0132. The van der Waals surface area contributed by atoms with Gasteiger partial charge in [0.25, 0.3) is 15.9 Å². The van der Waals surface area contributed by atoms with Gasteiger partial charge in [0, 0.05) is 23.2 Å². The van der Waals surface area contributed by atoms with E-state index in [0.717, 1.165) is 56.5 Å². The van der Waals surface area contributed by atoms with Gasteiger partial charge in [-0.3, -0.25) is 4.79 Å². The fourth-order valence-corrected chi connectivity index (χ4v) is 8.26. The van der Waals surface area contributed by atoms with Crippen molar-refractivity contribution in [3.63, 3.8) is 0 Å². The van der Waals surface area contributed by atoms with E-state index in [1.165, 1.54) is 29.2 Å². The summed E-state index contributed by atoms with van der Waals surface area (Å²) in [6.07, 6.45) is -1.83. The van der Waals surface area contributed by atoms with Gasteiger partial charge in [0.1, 0.15) is 6.61 Å². The maximum absolute atomic E-state index is 14.4. The molecule has 2 aromatic carbocycles. The van der Waals surface area contributed by atoms with Crippen molar-refractivity contribution in [3.8, 4) is 17.1 Å². The predicted octanol–water partition coefficient (Wildman–Crippen LogP) is 6.28. The number of hydrogen-bond donors (Lipinski definition) is 2. The summed E-state index contributed by atoms with van der Waals surface area (Å²) < 4.78 is 79.0. The van der Waals surface area contributed by atoms with Crippen molar-refractivity contribution in [2.75, 3.05) is 24.4 Å². The Morgan fingerprint density at radius 1 is 1.00 bits per heavy atom. The lowest BCUT2D eigenvalue weighted by molar-refractivity contribution is -0.219. The van der Waals surface area contributed by atoms with Crippen LogP contribution in [0.5, 0.6) is 5.88 Å². The molecule has 1 aliphatic carbocycles. The number of rotatable bonds is 4. The number of alkyl halides is 3. The first-order valence-corrected chi connectivity index (χ1v) is 17.4. The summed E-state index contributed by atoms with van der Waals surface area (Å²) in [4.78, 5) is 24.6. The van der Waals surface area contributed by atoms with E-state index in [2.05, 4.69) is 20.0 Å². The largest absolute Gasteiger partial charge is 0.475 e. The molecule has 0 unspecified atom stereocenters. The molecule has 3 aliphatic rings. The monoisotopic (exact) mass is 671 g/mol. The summed E-state index contributed by atoms with van der Waals surface area (Å²) >= 11 is 0. The molecule has 3 heterocycles.